The van der Waals surface area contributed by atoms with Crippen LogP contribution in [0.1, 0.15) is 28.1 Å². The number of H-pyrrole nitrogens is 1. The number of fused-ring (bicyclic) bond motifs is 1. The highest BCUT2D eigenvalue weighted by atomic mass is 16.5. The highest BCUT2D eigenvalue weighted by Gasteiger charge is 2.21. The third kappa shape index (κ3) is 5.04. The number of hydrogen-bond acceptors (Lipinski definition) is 7. The topological polar surface area (TPSA) is 130 Å². The molecule has 168 valence electrons. The first-order valence-corrected chi connectivity index (χ1v) is 10.4. The molecule has 2 amide bonds. The first kappa shape index (κ1) is 21.7. The number of nitrogens with one attached hydrogen (secondary N) is 3. The zero-order chi connectivity index (χ0) is 22.5. The molecule has 3 N–H and O–H groups in total. The maximum Gasteiger partial charge on any atom is 0.262 e. The van der Waals surface area contributed by atoms with E-state index in [1.54, 1.807) is 13.0 Å². The number of amides is 2. The maximum absolute atomic E-state index is 12.7. The minimum atomic E-state index is -0.432. The molecule has 3 heterocycles. The number of ether oxygens (including phenoxy) is 1. The summed E-state index contributed by atoms with van der Waals surface area (Å²) >= 11 is 0. The standard InChI is InChI=1S/C22H25N5O5/c1-14-18(19-21(30)24-13-25-22(19)32-14)20(29)23-12-15-3-2-4-16(11-15)26-17(28)5-6-27-7-9-31-10-8-27/h2-4,11,13H,5-10,12H2,1H3,(H,23,29)(H,26,28)(H,24,25,30). The molecule has 1 aliphatic heterocycles. The van der Waals surface area contributed by atoms with Crippen LogP contribution in [-0.4, -0.2) is 59.5 Å². The number of carbonyl (C=O) groups excluding carboxylic acids is 2. The van der Waals surface area contributed by atoms with E-state index >= 15 is 0 Å². The van der Waals surface area contributed by atoms with E-state index in [2.05, 4.69) is 25.5 Å². The second-order valence-electron chi connectivity index (χ2n) is 7.58. The minimum Gasteiger partial charge on any atom is -0.442 e. The Bertz CT molecular complexity index is 1180. The van der Waals surface area contributed by atoms with Crippen molar-refractivity contribution in [2.45, 2.75) is 19.9 Å². The number of aryl methyl sites for hydroxylation is 1. The molecule has 0 bridgehead atoms. The Hall–Kier alpha value is -3.50. The van der Waals surface area contributed by atoms with Crippen LogP contribution >= 0.6 is 0 Å². The molecule has 10 heteroatoms. The molecule has 0 radical (unpaired) electrons. The van der Waals surface area contributed by atoms with Gasteiger partial charge in [-0.15, -0.1) is 0 Å². The Morgan fingerprint density at radius 3 is 2.88 bits per heavy atom. The van der Waals surface area contributed by atoms with Crippen LogP contribution in [0, 0.1) is 6.92 Å². The van der Waals surface area contributed by atoms with Gasteiger partial charge in [-0.2, -0.15) is 0 Å². The first-order chi connectivity index (χ1) is 15.5. The van der Waals surface area contributed by atoms with Gasteiger partial charge in [0.1, 0.15) is 11.1 Å². The van der Waals surface area contributed by atoms with E-state index in [4.69, 9.17) is 9.15 Å². The summed E-state index contributed by atoms with van der Waals surface area (Å²) in [5.41, 5.74) is 1.33. The van der Waals surface area contributed by atoms with Gasteiger partial charge in [-0.3, -0.25) is 19.3 Å². The molecule has 4 rings (SSSR count). The van der Waals surface area contributed by atoms with Gasteiger partial charge < -0.3 is 24.8 Å². The lowest BCUT2D eigenvalue weighted by Gasteiger charge is -2.26. The third-order valence-corrected chi connectivity index (χ3v) is 5.32. The summed E-state index contributed by atoms with van der Waals surface area (Å²) in [5, 5.41) is 5.83. The normalized spacial score (nSPS) is 14.4. The number of anilines is 1. The molecule has 0 saturated carbocycles. The predicted molar refractivity (Wildman–Crippen MR) is 117 cm³/mol. The van der Waals surface area contributed by atoms with Gasteiger partial charge in [0.05, 0.1) is 25.1 Å². The zero-order valence-corrected chi connectivity index (χ0v) is 17.8. The monoisotopic (exact) mass is 439 g/mol. The van der Waals surface area contributed by atoms with Crippen molar-refractivity contribution in [2.75, 3.05) is 38.2 Å². The molecule has 0 spiro atoms. The number of carbonyl (C=O) groups is 2. The zero-order valence-electron chi connectivity index (χ0n) is 17.8. The second-order valence-corrected chi connectivity index (χ2v) is 7.58. The summed E-state index contributed by atoms with van der Waals surface area (Å²) < 4.78 is 10.7. The van der Waals surface area contributed by atoms with Crippen molar-refractivity contribution in [3.05, 3.63) is 57.8 Å². The molecule has 1 saturated heterocycles. The average Bonchev–Trinajstić information content (AvgIpc) is 3.14. The van der Waals surface area contributed by atoms with Crippen molar-refractivity contribution in [2.24, 2.45) is 0 Å². The lowest BCUT2D eigenvalue weighted by molar-refractivity contribution is -0.116. The number of aromatic amines is 1. The summed E-state index contributed by atoms with van der Waals surface area (Å²) in [4.78, 5) is 45.8. The van der Waals surface area contributed by atoms with E-state index in [0.717, 1.165) is 18.7 Å². The smallest absolute Gasteiger partial charge is 0.262 e. The molecule has 1 aromatic carbocycles. The number of benzene rings is 1. The van der Waals surface area contributed by atoms with Crippen LogP contribution in [0.15, 0.2) is 39.8 Å². The number of rotatable bonds is 7. The first-order valence-electron chi connectivity index (χ1n) is 10.4. The van der Waals surface area contributed by atoms with Crippen LogP contribution in [0.25, 0.3) is 11.1 Å². The van der Waals surface area contributed by atoms with Crippen molar-refractivity contribution in [3.8, 4) is 0 Å². The Kier molecular flexibility index (Phi) is 6.62. The van der Waals surface area contributed by atoms with Crippen LogP contribution < -0.4 is 16.2 Å². The molecular formula is C22H25N5O5. The fourth-order valence-corrected chi connectivity index (χ4v) is 3.66. The Labute approximate surface area is 184 Å². The highest BCUT2D eigenvalue weighted by molar-refractivity contribution is 6.06. The van der Waals surface area contributed by atoms with Crippen molar-refractivity contribution in [1.29, 1.82) is 0 Å². The van der Waals surface area contributed by atoms with Crippen LogP contribution in [0.2, 0.25) is 0 Å². The number of morpholine rings is 1. The average molecular weight is 439 g/mol. The summed E-state index contributed by atoms with van der Waals surface area (Å²) in [7, 11) is 0. The Balaban J connectivity index is 1.35. The lowest BCUT2D eigenvalue weighted by Crippen LogP contribution is -2.38. The Morgan fingerprint density at radius 1 is 1.25 bits per heavy atom. The van der Waals surface area contributed by atoms with E-state index in [-0.39, 0.29) is 29.1 Å². The molecular weight excluding hydrogens is 414 g/mol. The molecule has 0 atom stereocenters. The van der Waals surface area contributed by atoms with Crippen molar-refractivity contribution < 1.29 is 18.7 Å². The van der Waals surface area contributed by atoms with Crippen molar-refractivity contribution >= 4 is 28.6 Å². The fraction of sp³-hybridized carbons (Fsp3) is 0.364. The van der Waals surface area contributed by atoms with E-state index in [1.165, 1.54) is 6.33 Å². The summed E-state index contributed by atoms with van der Waals surface area (Å²) in [6.45, 7) is 5.62. The van der Waals surface area contributed by atoms with Crippen molar-refractivity contribution in [1.82, 2.24) is 20.2 Å². The van der Waals surface area contributed by atoms with Crippen LogP contribution in [-0.2, 0) is 16.1 Å². The van der Waals surface area contributed by atoms with Gasteiger partial charge in [-0.25, -0.2) is 4.98 Å². The summed E-state index contributed by atoms with van der Waals surface area (Å²) in [5.74, 6) is -0.174. The summed E-state index contributed by atoms with van der Waals surface area (Å²) in [6.07, 6.45) is 1.63. The van der Waals surface area contributed by atoms with Gasteiger partial charge in [-0.05, 0) is 24.6 Å². The van der Waals surface area contributed by atoms with Gasteiger partial charge >= 0.3 is 0 Å². The molecule has 0 aliphatic carbocycles. The lowest BCUT2D eigenvalue weighted by atomic mass is 10.1. The van der Waals surface area contributed by atoms with E-state index in [9.17, 15) is 14.4 Å². The third-order valence-electron chi connectivity index (χ3n) is 5.32. The highest BCUT2D eigenvalue weighted by Crippen LogP contribution is 2.20. The van der Waals surface area contributed by atoms with Crippen molar-refractivity contribution in [3.63, 3.8) is 0 Å². The quantitative estimate of drug-likeness (QED) is 0.508. The fourth-order valence-electron chi connectivity index (χ4n) is 3.66. The van der Waals surface area contributed by atoms with E-state index in [1.807, 2.05) is 18.2 Å². The number of hydrogen-bond donors (Lipinski definition) is 3. The van der Waals surface area contributed by atoms with E-state index < -0.39 is 11.5 Å². The number of furan rings is 1. The van der Waals surface area contributed by atoms with E-state index in [0.29, 0.717) is 37.6 Å². The van der Waals surface area contributed by atoms with Gasteiger partial charge in [-0.1, -0.05) is 12.1 Å². The largest absolute Gasteiger partial charge is 0.442 e. The van der Waals surface area contributed by atoms with Crippen LogP contribution in [0.5, 0.6) is 0 Å². The van der Waals surface area contributed by atoms with Gasteiger partial charge in [0, 0.05) is 38.3 Å². The molecule has 0 unspecified atom stereocenters. The van der Waals surface area contributed by atoms with Crippen LogP contribution in [0.3, 0.4) is 0 Å². The molecule has 1 fully saturated rings. The molecule has 2 aromatic heterocycles. The summed E-state index contributed by atoms with van der Waals surface area (Å²) in [6, 6.07) is 7.27. The SMILES string of the molecule is Cc1oc2nc[nH]c(=O)c2c1C(=O)NCc1cccc(NC(=O)CCN2CCOCC2)c1. The minimum absolute atomic E-state index is 0.0649. The molecule has 10 nitrogen and oxygen atoms in total. The maximum atomic E-state index is 12.7. The van der Waals surface area contributed by atoms with Gasteiger partial charge in [0.15, 0.2) is 0 Å². The number of nitrogens with zero attached hydrogens (tertiary/aromatic N) is 2. The second kappa shape index (κ2) is 9.75. The van der Waals surface area contributed by atoms with Crippen LogP contribution in [0.4, 0.5) is 5.69 Å². The molecule has 32 heavy (non-hydrogen) atoms. The van der Waals surface area contributed by atoms with Gasteiger partial charge in [0.25, 0.3) is 11.5 Å². The Morgan fingerprint density at radius 2 is 2.06 bits per heavy atom. The molecule has 1 aliphatic rings. The number of aromatic nitrogens is 2. The predicted octanol–water partition coefficient (Wildman–Crippen LogP) is 1.42. The van der Waals surface area contributed by atoms with Gasteiger partial charge in [0.2, 0.25) is 11.6 Å². The molecule has 3 aromatic rings.